The highest BCUT2D eigenvalue weighted by Crippen LogP contribution is 2.19. The number of nitrogens with zero attached hydrogens (tertiary/aromatic N) is 1. The summed E-state index contributed by atoms with van der Waals surface area (Å²) >= 11 is 0. The molecule has 1 fully saturated rings. The Kier molecular flexibility index (Phi) is 5.37. The number of carboxylic acid groups (broad SMARTS) is 1. The first kappa shape index (κ1) is 13.9. The molecule has 0 aromatic rings. The number of hydrogen-bond donors (Lipinski definition) is 2. The van der Waals surface area contributed by atoms with E-state index in [-0.39, 0.29) is 24.3 Å². The number of aliphatic carboxylic acids is 1. The minimum Gasteiger partial charge on any atom is -0.481 e. The van der Waals surface area contributed by atoms with Gasteiger partial charge in [0.15, 0.2) is 0 Å². The summed E-state index contributed by atoms with van der Waals surface area (Å²) in [6.07, 6.45) is 1.25. The fraction of sp³-hybridized carbons (Fsp3) is 0.818. The monoisotopic (exact) mass is 244 g/mol. The van der Waals surface area contributed by atoms with E-state index in [4.69, 9.17) is 10.8 Å². The third-order valence-electron chi connectivity index (χ3n) is 2.97. The van der Waals surface area contributed by atoms with Gasteiger partial charge in [-0.15, -0.1) is 0 Å². The highest BCUT2D eigenvalue weighted by Gasteiger charge is 2.27. The quantitative estimate of drug-likeness (QED) is 0.643. The summed E-state index contributed by atoms with van der Waals surface area (Å²) < 4.78 is 4.63. The summed E-state index contributed by atoms with van der Waals surface area (Å²) in [6.45, 7) is 1.90. The van der Waals surface area contributed by atoms with Gasteiger partial charge < -0.3 is 20.5 Å². The second-order valence-corrected chi connectivity index (χ2v) is 4.55. The average Bonchev–Trinajstić information content (AvgIpc) is 2.25. The van der Waals surface area contributed by atoms with E-state index >= 15 is 0 Å². The summed E-state index contributed by atoms with van der Waals surface area (Å²) in [5.74, 6) is -0.879. The largest absolute Gasteiger partial charge is 0.481 e. The summed E-state index contributed by atoms with van der Waals surface area (Å²) in [7, 11) is 1.37. The molecule has 0 spiro atoms. The Balaban J connectivity index is 2.41. The molecule has 2 atom stereocenters. The molecule has 1 aliphatic heterocycles. The van der Waals surface area contributed by atoms with E-state index in [0.717, 1.165) is 13.0 Å². The van der Waals surface area contributed by atoms with Gasteiger partial charge in [-0.3, -0.25) is 9.59 Å². The molecule has 0 aromatic heterocycles. The van der Waals surface area contributed by atoms with Gasteiger partial charge in [-0.1, -0.05) is 0 Å². The highest BCUT2D eigenvalue weighted by atomic mass is 16.5. The lowest BCUT2D eigenvalue weighted by molar-refractivity contribution is -0.142. The van der Waals surface area contributed by atoms with Crippen LogP contribution in [0, 0.1) is 5.92 Å². The maximum absolute atomic E-state index is 11.2. The van der Waals surface area contributed by atoms with Crippen molar-refractivity contribution in [3.8, 4) is 0 Å². The van der Waals surface area contributed by atoms with Crippen molar-refractivity contribution in [2.45, 2.75) is 25.3 Å². The Morgan fingerprint density at radius 1 is 1.47 bits per heavy atom. The van der Waals surface area contributed by atoms with Gasteiger partial charge in [-0.05, 0) is 12.3 Å². The van der Waals surface area contributed by atoms with Gasteiger partial charge >= 0.3 is 11.9 Å². The molecule has 3 N–H and O–H groups in total. The molecule has 0 bridgehead atoms. The van der Waals surface area contributed by atoms with Gasteiger partial charge in [0.1, 0.15) is 0 Å². The third kappa shape index (κ3) is 5.14. The highest BCUT2D eigenvalue weighted by molar-refractivity contribution is 5.69. The summed E-state index contributed by atoms with van der Waals surface area (Å²) in [5, 5.41) is 8.63. The molecule has 0 aromatic carbocycles. The third-order valence-corrected chi connectivity index (χ3v) is 2.97. The number of piperidine rings is 1. The van der Waals surface area contributed by atoms with E-state index in [1.807, 2.05) is 4.90 Å². The molecular formula is C11H20N2O4. The summed E-state index contributed by atoms with van der Waals surface area (Å²) in [5.41, 5.74) is 5.90. The zero-order valence-corrected chi connectivity index (χ0v) is 10.1. The van der Waals surface area contributed by atoms with E-state index < -0.39 is 5.97 Å². The fourth-order valence-corrected chi connectivity index (χ4v) is 2.25. The van der Waals surface area contributed by atoms with E-state index in [9.17, 15) is 9.59 Å². The van der Waals surface area contributed by atoms with Crippen LogP contribution in [0.15, 0.2) is 0 Å². The van der Waals surface area contributed by atoms with Crippen LogP contribution in [0.1, 0.15) is 19.3 Å². The van der Waals surface area contributed by atoms with Crippen LogP contribution in [-0.4, -0.2) is 54.7 Å². The van der Waals surface area contributed by atoms with Crippen molar-refractivity contribution in [2.24, 2.45) is 11.7 Å². The van der Waals surface area contributed by atoms with Crippen molar-refractivity contribution >= 4 is 11.9 Å². The first-order valence-corrected chi connectivity index (χ1v) is 5.77. The molecule has 0 aliphatic carbocycles. The summed E-state index contributed by atoms with van der Waals surface area (Å²) in [4.78, 5) is 23.7. The predicted octanol–water partition coefficient (Wildman–Crippen LogP) is -0.327. The Morgan fingerprint density at radius 3 is 2.76 bits per heavy atom. The number of carboxylic acids is 1. The van der Waals surface area contributed by atoms with Crippen molar-refractivity contribution in [1.82, 2.24) is 4.90 Å². The molecule has 1 rings (SSSR count). The Bertz CT molecular complexity index is 283. The molecule has 1 saturated heterocycles. The molecule has 2 unspecified atom stereocenters. The average molecular weight is 244 g/mol. The molecule has 0 amide bonds. The second-order valence-electron chi connectivity index (χ2n) is 4.55. The Morgan fingerprint density at radius 2 is 2.18 bits per heavy atom. The van der Waals surface area contributed by atoms with E-state index in [1.165, 1.54) is 7.11 Å². The van der Waals surface area contributed by atoms with E-state index in [0.29, 0.717) is 19.5 Å². The Hall–Kier alpha value is -1.14. The normalized spacial score (nSPS) is 25.5. The topological polar surface area (TPSA) is 92.9 Å². The lowest BCUT2D eigenvalue weighted by Gasteiger charge is -2.35. The van der Waals surface area contributed by atoms with Crippen LogP contribution in [0.5, 0.6) is 0 Å². The van der Waals surface area contributed by atoms with Crippen molar-refractivity contribution < 1.29 is 19.4 Å². The van der Waals surface area contributed by atoms with Gasteiger partial charge in [0, 0.05) is 32.1 Å². The molecule has 17 heavy (non-hydrogen) atoms. The van der Waals surface area contributed by atoms with Crippen LogP contribution in [0.3, 0.4) is 0 Å². The molecule has 6 nitrogen and oxygen atoms in total. The number of hydrogen-bond acceptors (Lipinski definition) is 5. The first-order chi connectivity index (χ1) is 8.01. The number of ether oxygens (including phenoxy) is 1. The Labute approximate surface area is 101 Å². The second kappa shape index (κ2) is 6.56. The van der Waals surface area contributed by atoms with Crippen molar-refractivity contribution in [3.63, 3.8) is 0 Å². The van der Waals surface area contributed by atoms with Crippen LogP contribution in [0.4, 0.5) is 0 Å². The lowest BCUT2D eigenvalue weighted by atomic mass is 9.92. The number of nitrogens with two attached hydrogens (primary N) is 1. The minimum atomic E-state index is -0.811. The van der Waals surface area contributed by atoms with Gasteiger partial charge in [-0.25, -0.2) is 0 Å². The summed E-state index contributed by atoms with van der Waals surface area (Å²) in [6, 6.07) is 0.00667. The fourth-order valence-electron chi connectivity index (χ4n) is 2.25. The SMILES string of the molecule is COC(=O)CC1CC(N)CN(CCC(=O)O)C1. The smallest absolute Gasteiger partial charge is 0.305 e. The van der Waals surface area contributed by atoms with E-state index in [2.05, 4.69) is 4.74 Å². The first-order valence-electron chi connectivity index (χ1n) is 5.77. The number of esters is 1. The standard InChI is InChI=1S/C11H20N2O4/c1-17-11(16)5-8-4-9(12)7-13(6-8)3-2-10(14)15/h8-9H,2-7,12H2,1H3,(H,14,15). The van der Waals surface area contributed by atoms with Crippen LogP contribution >= 0.6 is 0 Å². The lowest BCUT2D eigenvalue weighted by Crippen LogP contribution is -2.48. The molecule has 0 saturated carbocycles. The molecular weight excluding hydrogens is 224 g/mol. The van der Waals surface area contributed by atoms with Crippen LogP contribution in [0.25, 0.3) is 0 Å². The van der Waals surface area contributed by atoms with Crippen LogP contribution < -0.4 is 5.73 Å². The van der Waals surface area contributed by atoms with Gasteiger partial charge in [0.25, 0.3) is 0 Å². The van der Waals surface area contributed by atoms with Crippen LogP contribution in [-0.2, 0) is 14.3 Å². The van der Waals surface area contributed by atoms with Crippen molar-refractivity contribution in [2.75, 3.05) is 26.7 Å². The molecule has 1 heterocycles. The van der Waals surface area contributed by atoms with Crippen molar-refractivity contribution in [1.29, 1.82) is 0 Å². The van der Waals surface area contributed by atoms with Crippen molar-refractivity contribution in [3.05, 3.63) is 0 Å². The zero-order valence-electron chi connectivity index (χ0n) is 10.1. The number of carbonyl (C=O) groups is 2. The van der Waals surface area contributed by atoms with Gasteiger partial charge in [0.05, 0.1) is 13.5 Å². The van der Waals surface area contributed by atoms with Gasteiger partial charge in [0.2, 0.25) is 0 Å². The van der Waals surface area contributed by atoms with E-state index in [1.54, 1.807) is 0 Å². The number of rotatable bonds is 5. The molecule has 0 radical (unpaired) electrons. The number of methoxy groups -OCH3 is 1. The number of carbonyl (C=O) groups excluding carboxylic acids is 1. The zero-order chi connectivity index (χ0) is 12.8. The molecule has 6 heteroatoms. The maximum Gasteiger partial charge on any atom is 0.305 e. The maximum atomic E-state index is 11.2. The number of likely N-dealkylation sites (tertiary alicyclic amines) is 1. The van der Waals surface area contributed by atoms with Gasteiger partial charge in [-0.2, -0.15) is 0 Å². The predicted molar refractivity (Wildman–Crippen MR) is 61.4 cm³/mol. The van der Waals surface area contributed by atoms with Crippen LogP contribution in [0.2, 0.25) is 0 Å². The molecule has 98 valence electrons. The minimum absolute atomic E-state index is 0.00667. The molecule has 1 aliphatic rings.